The molecule has 1 aromatic rings. The molecule has 0 bridgehead atoms. The topological polar surface area (TPSA) is 66.3 Å². The minimum absolute atomic E-state index is 0.0159. The molecule has 0 atom stereocenters. The standard InChI is InChI=1S/C8H8F3N3O2S/c9-8(10,11)6-12-7(17-13-6)14(3-5(15)16)4-1-2-4/h4H,1-3H2,(H,15,16). The van der Waals surface area contributed by atoms with Crippen LogP contribution in [0.1, 0.15) is 18.7 Å². The Morgan fingerprint density at radius 3 is 2.59 bits per heavy atom. The number of hydrogen-bond acceptors (Lipinski definition) is 5. The molecule has 1 fully saturated rings. The number of carboxylic acids is 1. The first-order chi connectivity index (χ1) is 7.88. The zero-order valence-corrected chi connectivity index (χ0v) is 9.25. The summed E-state index contributed by atoms with van der Waals surface area (Å²) in [5.41, 5.74) is 0. The summed E-state index contributed by atoms with van der Waals surface area (Å²) in [4.78, 5) is 15.3. The van der Waals surface area contributed by atoms with Gasteiger partial charge in [0, 0.05) is 17.6 Å². The SMILES string of the molecule is O=C(O)CN(c1nc(C(F)(F)F)ns1)C1CC1. The van der Waals surface area contributed by atoms with E-state index in [0.717, 1.165) is 12.8 Å². The largest absolute Gasteiger partial charge is 0.480 e. The summed E-state index contributed by atoms with van der Waals surface area (Å²) < 4.78 is 40.1. The summed E-state index contributed by atoms with van der Waals surface area (Å²) in [5, 5.41) is 8.70. The van der Waals surface area contributed by atoms with Crippen molar-refractivity contribution < 1.29 is 23.1 Å². The molecule has 1 aliphatic rings. The molecule has 2 rings (SSSR count). The third-order valence-corrected chi connectivity index (χ3v) is 2.96. The van der Waals surface area contributed by atoms with Gasteiger partial charge in [0.05, 0.1) is 0 Å². The Morgan fingerprint density at radius 1 is 1.53 bits per heavy atom. The van der Waals surface area contributed by atoms with E-state index in [1.165, 1.54) is 4.90 Å². The molecule has 0 radical (unpaired) electrons. The fourth-order valence-electron chi connectivity index (χ4n) is 1.33. The molecule has 1 aromatic heterocycles. The highest BCUT2D eigenvalue weighted by molar-refractivity contribution is 7.09. The Hall–Kier alpha value is -1.38. The minimum Gasteiger partial charge on any atom is -0.480 e. The van der Waals surface area contributed by atoms with Crippen molar-refractivity contribution in [3.8, 4) is 0 Å². The average Bonchev–Trinajstić information content (AvgIpc) is 2.89. The van der Waals surface area contributed by atoms with E-state index in [4.69, 9.17) is 5.11 Å². The molecule has 1 saturated carbocycles. The van der Waals surface area contributed by atoms with Gasteiger partial charge in [-0.25, -0.2) is 0 Å². The number of aliphatic carboxylic acids is 1. The van der Waals surface area contributed by atoms with E-state index in [-0.39, 0.29) is 17.7 Å². The number of carboxylic acid groups (broad SMARTS) is 1. The van der Waals surface area contributed by atoms with Gasteiger partial charge in [0.1, 0.15) is 6.54 Å². The van der Waals surface area contributed by atoms with Gasteiger partial charge < -0.3 is 10.0 Å². The molecule has 94 valence electrons. The van der Waals surface area contributed by atoms with E-state index in [2.05, 4.69) is 9.36 Å². The monoisotopic (exact) mass is 267 g/mol. The summed E-state index contributed by atoms with van der Waals surface area (Å²) in [6, 6.07) is -0.0277. The van der Waals surface area contributed by atoms with Gasteiger partial charge >= 0.3 is 12.1 Å². The summed E-state index contributed by atoms with van der Waals surface area (Å²) in [6.07, 6.45) is -3.05. The highest BCUT2D eigenvalue weighted by Gasteiger charge is 2.38. The fraction of sp³-hybridized carbons (Fsp3) is 0.625. The molecule has 1 N–H and O–H groups in total. The second-order valence-corrected chi connectivity index (χ2v) is 4.38. The van der Waals surface area contributed by atoms with E-state index >= 15 is 0 Å². The molecule has 0 amide bonds. The van der Waals surface area contributed by atoms with Crippen LogP contribution in [0.4, 0.5) is 18.3 Å². The van der Waals surface area contributed by atoms with Gasteiger partial charge in [0.25, 0.3) is 0 Å². The molecule has 0 saturated heterocycles. The number of alkyl halides is 3. The van der Waals surface area contributed by atoms with Crippen LogP contribution in [0.3, 0.4) is 0 Å². The predicted octanol–water partition coefficient (Wildman–Crippen LogP) is 1.61. The lowest BCUT2D eigenvalue weighted by Gasteiger charge is -2.17. The van der Waals surface area contributed by atoms with Crippen molar-refractivity contribution in [1.82, 2.24) is 9.36 Å². The van der Waals surface area contributed by atoms with Crippen LogP contribution >= 0.6 is 11.5 Å². The maximum atomic E-state index is 12.3. The van der Waals surface area contributed by atoms with Crippen molar-refractivity contribution in [1.29, 1.82) is 0 Å². The van der Waals surface area contributed by atoms with Crippen molar-refractivity contribution in [3.63, 3.8) is 0 Å². The lowest BCUT2D eigenvalue weighted by molar-refractivity contribution is -0.144. The fourth-order valence-corrected chi connectivity index (χ4v) is 2.09. The van der Waals surface area contributed by atoms with Crippen molar-refractivity contribution in [2.45, 2.75) is 25.1 Å². The molecular formula is C8H8F3N3O2S. The molecule has 0 spiro atoms. The molecular weight excluding hydrogens is 259 g/mol. The maximum Gasteiger partial charge on any atom is 0.452 e. The van der Waals surface area contributed by atoms with Crippen LogP contribution in [0, 0.1) is 0 Å². The Kier molecular flexibility index (Phi) is 2.94. The Morgan fingerprint density at radius 2 is 2.18 bits per heavy atom. The van der Waals surface area contributed by atoms with Crippen LogP contribution in [0.15, 0.2) is 0 Å². The zero-order chi connectivity index (χ0) is 12.6. The number of aromatic nitrogens is 2. The smallest absolute Gasteiger partial charge is 0.452 e. The molecule has 0 aliphatic heterocycles. The van der Waals surface area contributed by atoms with E-state index in [1.807, 2.05) is 0 Å². The number of nitrogens with zero attached hydrogens (tertiary/aromatic N) is 3. The van der Waals surface area contributed by atoms with E-state index < -0.39 is 18.0 Å². The van der Waals surface area contributed by atoms with Crippen LogP contribution in [-0.2, 0) is 11.0 Å². The third kappa shape index (κ3) is 2.84. The van der Waals surface area contributed by atoms with E-state index in [0.29, 0.717) is 11.5 Å². The third-order valence-electron chi connectivity index (χ3n) is 2.21. The first kappa shape index (κ1) is 12.1. The first-order valence-electron chi connectivity index (χ1n) is 4.77. The van der Waals surface area contributed by atoms with Crippen molar-refractivity contribution >= 4 is 22.6 Å². The highest BCUT2D eigenvalue weighted by Crippen LogP contribution is 2.35. The average molecular weight is 267 g/mol. The van der Waals surface area contributed by atoms with Crippen LogP contribution in [0.5, 0.6) is 0 Å². The molecule has 0 aromatic carbocycles. The highest BCUT2D eigenvalue weighted by atomic mass is 32.1. The van der Waals surface area contributed by atoms with Crippen molar-refractivity contribution in [2.75, 3.05) is 11.4 Å². The van der Waals surface area contributed by atoms with Gasteiger partial charge in [-0.2, -0.15) is 22.5 Å². The summed E-state index contributed by atoms with van der Waals surface area (Å²) in [7, 11) is 0. The van der Waals surface area contributed by atoms with Gasteiger partial charge in [0.2, 0.25) is 11.0 Å². The van der Waals surface area contributed by atoms with E-state index in [1.54, 1.807) is 0 Å². The molecule has 5 nitrogen and oxygen atoms in total. The maximum absolute atomic E-state index is 12.3. The van der Waals surface area contributed by atoms with Gasteiger partial charge in [-0.05, 0) is 12.8 Å². The number of carbonyl (C=O) groups is 1. The number of rotatable bonds is 4. The normalized spacial score (nSPS) is 15.9. The second kappa shape index (κ2) is 4.13. The zero-order valence-electron chi connectivity index (χ0n) is 8.44. The molecule has 0 unspecified atom stereocenters. The number of anilines is 1. The molecule has 17 heavy (non-hydrogen) atoms. The van der Waals surface area contributed by atoms with Crippen LogP contribution in [0.25, 0.3) is 0 Å². The van der Waals surface area contributed by atoms with Gasteiger partial charge in [0.15, 0.2) is 0 Å². The quantitative estimate of drug-likeness (QED) is 0.897. The first-order valence-corrected chi connectivity index (χ1v) is 5.54. The summed E-state index contributed by atoms with van der Waals surface area (Å²) >= 11 is 0.576. The van der Waals surface area contributed by atoms with Gasteiger partial charge in [-0.3, -0.25) is 4.79 Å². The van der Waals surface area contributed by atoms with Crippen LogP contribution < -0.4 is 4.90 Å². The Labute approximate surface area is 98.0 Å². The van der Waals surface area contributed by atoms with Crippen molar-refractivity contribution in [3.05, 3.63) is 5.82 Å². The van der Waals surface area contributed by atoms with Gasteiger partial charge in [-0.15, -0.1) is 0 Å². The predicted molar refractivity (Wildman–Crippen MR) is 52.9 cm³/mol. The Balaban J connectivity index is 2.18. The van der Waals surface area contributed by atoms with E-state index in [9.17, 15) is 18.0 Å². The molecule has 1 heterocycles. The lowest BCUT2D eigenvalue weighted by atomic mass is 10.5. The van der Waals surface area contributed by atoms with Crippen LogP contribution in [0.2, 0.25) is 0 Å². The van der Waals surface area contributed by atoms with Gasteiger partial charge in [-0.1, -0.05) is 0 Å². The molecule has 9 heteroatoms. The molecule has 1 aliphatic carbocycles. The summed E-state index contributed by atoms with van der Waals surface area (Å²) in [6.45, 7) is -0.350. The lowest BCUT2D eigenvalue weighted by Crippen LogP contribution is -2.31. The Bertz CT molecular complexity index is 430. The summed E-state index contributed by atoms with van der Waals surface area (Å²) in [5.74, 6) is -2.31. The number of halogens is 3. The van der Waals surface area contributed by atoms with Crippen LogP contribution in [-0.4, -0.2) is 33.0 Å². The second-order valence-electron chi connectivity index (χ2n) is 3.65. The minimum atomic E-state index is -4.59. The van der Waals surface area contributed by atoms with Crippen molar-refractivity contribution in [2.24, 2.45) is 0 Å². The number of hydrogen-bond donors (Lipinski definition) is 1.